The van der Waals surface area contributed by atoms with Gasteiger partial charge in [-0.1, -0.05) is 394 Å². The SMILES string of the molecule is c1ccc(-c2ccc(-c3ccc(N(c4ccc(-c5ccc(-c6ccccc6)cc5)cc4)c4cccc5c4-c4ccccc4C54c5ccccc5N(c5ccccc5)c5ccccc54)cc3)cc2)cc1.c1ccc(-c2ccc(N(c3ccc(-c4ccc5sc6ccccc6c5c4)cc3)c3cccc4c3-c3ccccc3C43c4ccccc4N(c4ccccc4)c4ccccc43)cc2)cc1. The summed E-state index contributed by atoms with van der Waals surface area (Å²) in [6, 6.07) is 192. The molecule has 0 saturated heterocycles. The molecule has 2 spiro atoms. The molecule has 0 N–H and O–H groups in total. The Kier molecular flexibility index (Phi) is 19.2. The van der Waals surface area contributed by atoms with Gasteiger partial charge in [0, 0.05) is 65.4 Å². The van der Waals surface area contributed by atoms with Crippen LogP contribution in [-0.2, 0) is 10.8 Å². The van der Waals surface area contributed by atoms with Crippen LogP contribution in [0.5, 0.6) is 0 Å². The maximum Gasteiger partial charge on any atom is 0.0755 e. The predicted molar refractivity (Wildman–Crippen MR) is 559 cm³/mol. The zero-order valence-corrected chi connectivity index (χ0v) is 73.7. The van der Waals surface area contributed by atoms with Crippen molar-refractivity contribution in [1.29, 1.82) is 0 Å². The van der Waals surface area contributed by atoms with Crippen LogP contribution in [0.2, 0.25) is 0 Å². The molecule has 2 aliphatic heterocycles. The minimum Gasteiger partial charge on any atom is -0.310 e. The summed E-state index contributed by atoms with van der Waals surface area (Å²) in [6.07, 6.45) is 0. The second-order valence-electron chi connectivity index (χ2n) is 34.8. The van der Waals surface area contributed by atoms with Gasteiger partial charge in [0.15, 0.2) is 0 Å². The third-order valence-corrected chi connectivity index (χ3v) is 28.9. The zero-order chi connectivity index (χ0) is 87.9. The van der Waals surface area contributed by atoms with Crippen molar-refractivity contribution in [3.8, 4) is 89.0 Å². The van der Waals surface area contributed by atoms with Crippen molar-refractivity contribution in [2.45, 2.75) is 10.8 Å². The van der Waals surface area contributed by atoms with Crippen LogP contribution >= 0.6 is 11.3 Å². The van der Waals surface area contributed by atoms with E-state index in [-0.39, 0.29) is 0 Å². The number of fused-ring (bicyclic) bond motifs is 21. The van der Waals surface area contributed by atoms with Crippen LogP contribution < -0.4 is 19.6 Å². The van der Waals surface area contributed by atoms with Crippen LogP contribution in [0, 0.1) is 0 Å². The summed E-state index contributed by atoms with van der Waals surface area (Å²) in [4.78, 5) is 9.83. The van der Waals surface area contributed by atoms with Crippen LogP contribution in [-0.4, -0.2) is 0 Å². The molecular weight excluding hydrogens is 1630 g/mol. The Balaban J connectivity index is 0.000000143. The Morgan fingerprint density at radius 3 is 0.767 bits per heavy atom. The summed E-state index contributed by atoms with van der Waals surface area (Å²) in [5, 5.41) is 2.63. The van der Waals surface area contributed by atoms with E-state index in [4.69, 9.17) is 0 Å². The molecule has 0 radical (unpaired) electrons. The molecule has 2 aliphatic carbocycles. The first-order valence-corrected chi connectivity index (χ1v) is 46.7. The zero-order valence-electron chi connectivity index (χ0n) is 72.8. The highest BCUT2D eigenvalue weighted by Gasteiger charge is 2.55. The van der Waals surface area contributed by atoms with Crippen molar-refractivity contribution in [2.75, 3.05) is 19.6 Å². The number of benzene rings is 21. The van der Waals surface area contributed by atoms with E-state index in [0.29, 0.717) is 0 Å². The maximum absolute atomic E-state index is 2.47. The van der Waals surface area contributed by atoms with Gasteiger partial charge in [-0.15, -0.1) is 11.3 Å². The van der Waals surface area contributed by atoms with Crippen molar-refractivity contribution in [3.05, 3.63) is 566 Å². The summed E-state index contributed by atoms with van der Waals surface area (Å²) in [6.45, 7) is 0. The lowest BCUT2D eigenvalue weighted by Gasteiger charge is -2.45. The van der Waals surface area contributed by atoms with Crippen LogP contribution in [0.3, 0.4) is 0 Å². The molecule has 4 aliphatic rings. The Hall–Kier alpha value is -17.0. The van der Waals surface area contributed by atoms with Gasteiger partial charge in [-0.05, 0) is 250 Å². The molecule has 624 valence electrons. The molecule has 0 unspecified atom stereocenters. The Bertz CT molecular complexity index is 7920. The minimum absolute atomic E-state index is 0.558. The summed E-state index contributed by atoms with van der Waals surface area (Å²) in [5.41, 5.74) is 42.2. The van der Waals surface area contributed by atoms with E-state index in [2.05, 4.69) is 541 Å². The van der Waals surface area contributed by atoms with E-state index < -0.39 is 10.8 Å². The number of hydrogen-bond donors (Lipinski definition) is 0. The first kappa shape index (κ1) is 78.3. The normalized spacial score (nSPS) is 12.9. The molecule has 26 rings (SSSR count). The second-order valence-corrected chi connectivity index (χ2v) is 35.9. The average Bonchev–Trinajstić information content (AvgIpc) is 1.51. The van der Waals surface area contributed by atoms with Crippen LogP contribution in [0.25, 0.3) is 109 Å². The molecular formula is C128H86N4S. The molecule has 4 nitrogen and oxygen atoms in total. The number of anilines is 12. The van der Waals surface area contributed by atoms with Gasteiger partial charge in [-0.25, -0.2) is 0 Å². The molecule has 0 fully saturated rings. The standard InChI is InChI=1S/C67H46N2.C61H40N2S/c1-4-17-47(18-5-1)49-31-35-51(36-32-49)53-39-43-56(44-40-53)68(57-45-41-54(42-46-57)52-37-33-50(34-38-52)48-19-6-2-7-20-48)65-30-16-27-62-66(65)58-23-10-11-24-59(58)67(62)60-25-12-14-28-63(60)69(55-21-8-3-9-22-55)64-29-15-13-26-61(64)67;1-3-16-41(17-4-1)42-30-35-46(36-31-42)62(47-37-32-43(33-38-47)44-34-39-59-50(40-44)48-20-8-14-29-58(48)64-59)57-28-15-25-54-60(57)49-21-7-9-22-51(49)61(54)52-23-10-12-26-55(52)63(45-18-5-2-6-19-45)56-27-13-11-24-53(56)61/h1-46H;1-40H. The molecule has 0 atom stereocenters. The lowest BCUT2D eigenvalue weighted by atomic mass is 9.64. The molecule has 0 saturated carbocycles. The number of rotatable bonds is 14. The van der Waals surface area contributed by atoms with E-state index in [1.54, 1.807) is 0 Å². The number of thiophene rings is 1. The van der Waals surface area contributed by atoms with Gasteiger partial charge >= 0.3 is 0 Å². The van der Waals surface area contributed by atoms with Gasteiger partial charge in [0.05, 0.1) is 45.0 Å². The lowest BCUT2D eigenvalue weighted by Crippen LogP contribution is -2.36. The molecule has 1 aromatic heterocycles. The third-order valence-electron chi connectivity index (χ3n) is 27.8. The van der Waals surface area contributed by atoms with Crippen LogP contribution in [0.4, 0.5) is 68.2 Å². The van der Waals surface area contributed by atoms with Gasteiger partial charge in [-0.2, -0.15) is 0 Å². The molecule has 5 heteroatoms. The Morgan fingerprint density at radius 1 is 0.173 bits per heavy atom. The van der Waals surface area contributed by atoms with E-state index in [1.807, 2.05) is 11.3 Å². The van der Waals surface area contributed by atoms with Crippen molar-refractivity contribution >= 4 is 99.8 Å². The van der Waals surface area contributed by atoms with E-state index in [1.165, 1.54) is 176 Å². The second kappa shape index (κ2) is 32.7. The predicted octanol–water partition coefficient (Wildman–Crippen LogP) is 35.0. The highest BCUT2D eigenvalue weighted by Crippen LogP contribution is 2.68. The molecule has 0 amide bonds. The van der Waals surface area contributed by atoms with Crippen LogP contribution in [0.1, 0.15) is 44.5 Å². The molecule has 21 aromatic carbocycles. The van der Waals surface area contributed by atoms with E-state index >= 15 is 0 Å². The third kappa shape index (κ3) is 12.9. The Labute approximate surface area is 779 Å². The summed E-state index contributed by atoms with van der Waals surface area (Å²) in [5.74, 6) is 0. The van der Waals surface area contributed by atoms with E-state index in [9.17, 15) is 0 Å². The average molecular weight is 1710 g/mol. The van der Waals surface area contributed by atoms with Gasteiger partial charge in [0.25, 0.3) is 0 Å². The van der Waals surface area contributed by atoms with Gasteiger partial charge in [0.2, 0.25) is 0 Å². The largest absolute Gasteiger partial charge is 0.310 e. The fourth-order valence-corrected chi connectivity index (χ4v) is 23.0. The fourth-order valence-electron chi connectivity index (χ4n) is 21.9. The molecule has 22 aromatic rings. The van der Waals surface area contributed by atoms with Crippen molar-refractivity contribution in [1.82, 2.24) is 0 Å². The van der Waals surface area contributed by atoms with Gasteiger partial charge in [-0.3, -0.25) is 0 Å². The van der Waals surface area contributed by atoms with Crippen molar-refractivity contribution in [3.63, 3.8) is 0 Å². The quantitative estimate of drug-likeness (QED) is 0.108. The van der Waals surface area contributed by atoms with Crippen molar-refractivity contribution in [2.24, 2.45) is 0 Å². The van der Waals surface area contributed by atoms with Crippen molar-refractivity contribution < 1.29 is 0 Å². The molecule has 133 heavy (non-hydrogen) atoms. The smallest absolute Gasteiger partial charge is 0.0755 e. The monoisotopic (exact) mass is 1710 g/mol. The number of para-hydroxylation sites is 6. The van der Waals surface area contributed by atoms with Gasteiger partial charge < -0.3 is 19.6 Å². The Morgan fingerprint density at radius 2 is 0.421 bits per heavy atom. The molecule has 0 bridgehead atoms. The molecule has 3 heterocycles. The summed E-state index contributed by atoms with van der Waals surface area (Å²) in [7, 11) is 0. The van der Waals surface area contributed by atoms with Gasteiger partial charge in [0.1, 0.15) is 0 Å². The highest BCUT2D eigenvalue weighted by molar-refractivity contribution is 7.25. The fraction of sp³-hybridized carbons (Fsp3) is 0.0156. The lowest BCUT2D eigenvalue weighted by molar-refractivity contribution is 0.752. The van der Waals surface area contributed by atoms with E-state index in [0.717, 1.165) is 45.5 Å². The maximum atomic E-state index is 2.47. The minimum atomic E-state index is -0.572. The first-order valence-electron chi connectivity index (χ1n) is 45.8. The number of hydrogen-bond acceptors (Lipinski definition) is 5. The highest BCUT2D eigenvalue weighted by atomic mass is 32.1. The number of nitrogens with zero attached hydrogens (tertiary/aromatic N) is 4. The summed E-state index contributed by atoms with van der Waals surface area (Å²) < 4.78 is 2.64. The first-order chi connectivity index (χ1) is 66.0. The summed E-state index contributed by atoms with van der Waals surface area (Å²) >= 11 is 1.86. The van der Waals surface area contributed by atoms with Crippen LogP contribution in [0.15, 0.2) is 522 Å². The topological polar surface area (TPSA) is 13.0 Å².